The van der Waals surface area contributed by atoms with Gasteiger partial charge in [-0.3, -0.25) is 0 Å². The fraction of sp³-hybridized carbons (Fsp3) is 0.0476. The lowest BCUT2D eigenvalue weighted by atomic mass is 9.97. The van der Waals surface area contributed by atoms with E-state index < -0.39 is 16.3 Å². The standard InChI is InChI=1S/C42H36O4P2/c1-5-31-27-33(43-3)29-39(41(31)45-47(35-19-11-7-12-20-35)36-21-13-8-14-22-36)40-30-34(44-4)28-32(6-2)42(40)46-48(37-23-15-9-16-24-37)38-25-17-10-18-26-38/h5-30H,1-2H2,3-4H3. The van der Waals surface area contributed by atoms with Crippen LogP contribution in [0.1, 0.15) is 11.1 Å². The van der Waals surface area contributed by atoms with Gasteiger partial charge in [0.1, 0.15) is 23.0 Å². The van der Waals surface area contributed by atoms with Crippen LogP contribution < -0.4 is 39.7 Å². The molecule has 0 bridgehead atoms. The van der Waals surface area contributed by atoms with Crippen molar-refractivity contribution in [2.75, 3.05) is 14.2 Å². The molecule has 0 spiro atoms. The van der Waals surface area contributed by atoms with Crippen LogP contribution in [0.4, 0.5) is 0 Å². The molecule has 0 amide bonds. The molecule has 0 radical (unpaired) electrons. The SMILES string of the molecule is C=Cc1cc(OC)cc(-c2cc(OC)cc(C=C)c2OP(c2ccccc2)c2ccccc2)c1OP(c1ccccc1)c1ccccc1. The van der Waals surface area contributed by atoms with Crippen molar-refractivity contribution in [2.24, 2.45) is 0 Å². The molecule has 4 nitrogen and oxygen atoms in total. The number of hydrogen-bond donors (Lipinski definition) is 0. The van der Waals surface area contributed by atoms with Gasteiger partial charge in [0.2, 0.25) is 0 Å². The van der Waals surface area contributed by atoms with E-state index in [4.69, 9.17) is 18.5 Å². The van der Waals surface area contributed by atoms with Gasteiger partial charge in [-0.25, -0.2) is 0 Å². The van der Waals surface area contributed by atoms with Gasteiger partial charge in [-0.1, -0.05) is 147 Å². The summed E-state index contributed by atoms with van der Waals surface area (Å²) in [6.45, 7) is 8.35. The summed E-state index contributed by atoms with van der Waals surface area (Å²) < 4.78 is 26.1. The highest BCUT2D eigenvalue weighted by molar-refractivity contribution is 7.69. The Labute approximate surface area is 285 Å². The van der Waals surface area contributed by atoms with Crippen LogP contribution in [0.3, 0.4) is 0 Å². The van der Waals surface area contributed by atoms with E-state index in [0.29, 0.717) is 23.0 Å². The first-order valence-electron chi connectivity index (χ1n) is 15.5. The normalized spacial score (nSPS) is 10.8. The van der Waals surface area contributed by atoms with Gasteiger partial charge >= 0.3 is 0 Å². The number of methoxy groups -OCH3 is 2. The molecular weight excluding hydrogens is 630 g/mol. The van der Waals surface area contributed by atoms with Crippen molar-refractivity contribution in [3.63, 3.8) is 0 Å². The van der Waals surface area contributed by atoms with Crippen molar-refractivity contribution in [1.82, 2.24) is 0 Å². The molecule has 0 aliphatic rings. The minimum absolute atomic E-state index is 0.665. The van der Waals surface area contributed by atoms with Crippen molar-refractivity contribution in [3.8, 4) is 34.1 Å². The van der Waals surface area contributed by atoms with Gasteiger partial charge < -0.3 is 18.5 Å². The molecule has 0 aliphatic heterocycles. The van der Waals surface area contributed by atoms with Gasteiger partial charge in [0.05, 0.1) is 14.2 Å². The summed E-state index contributed by atoms with van der Waals surface area (Å²) in [4.78, 5) is 0. The van der Waals surface area contributed by atoms with Gasteiger partial charge in [0.25, 0.3) is 0 Å². The molecule has 0 heterocycles. The zero-order chi connectivity index (χ0) is 33.3. The average Bonchev–Trinajstić information content (AvgIpc) is 3.16. The first kappa shape index (κ1) is 32.8. The van der Waals surface area contributed by atoms with E-state index in [9.17, 15) is 0 Å². The zero-order valence-electron chi connectivity index (χ0n) is 27.0. The summed E-state index contributed by atoms with van der Waals surface area (Å²) in [5.41, 5.74) is 3.17. The van der Waals surface area contributed by atoms with Crippen LogP contribution in [-0.2, 0) is 0 Å². The van der Waals surface area contributed by atoms with E-state index in [0.717, 1.165) is 43.5 Å². The summed E-state index contributed by atoms with van der Waals surface area (Å²) in [6.07, 6.45) is 3.61. The largest absolute Gasteiger partial charge is 0.497 e. The van der Waals surface area contributed by atoms with E-state index in [1.807, 2.05) is 97.1 Å². The van der Waals surface area contributed by atoms with Crippen LogP contribution in [0, 0.1) is 0 Å². The van der Waals surface area contributed by atoms with Gasteiger partial charge in [-0.05, 0) is 24.3 Å². The molecule has 0 fully saturated rings. The second kappa shape index (κ2) is 15.6. The maximum absolute atomic E-state index is 7.19. The van der Waals surface area contributed by atoms with Crippen molar-refractivity contribution in [1.29, 1.82) is 0 Å². The Balaban J connectivity index is 1.60. The highest BCUT2D eigenvalue weighted by atomic mass is 31.1. The molecule has 6 heteroatoms. The van der Waals surface area contributed by atoms with Crippen LogP contribution in [0.15, 0.2) is 159 Å². The Hall–Kier alpha value is -5.14. The quantitative estimate of drug-likeness (QED) is 0.115. The Kier molecular flexibility index (Phi) is 10.7. The predicted molar refractivity (Wildman–Crippen MR) is 205 cm³/mol. The highest BCUT2D eigenvalue weighted by Gasteiger charge is 2.27. The Morgan fingerprint density at radius 1 is 0.438 bits per heavy atom. The van der Waals surface area contributed by atoms with Crippen LogP contribution in [-0.4, -0.2) is 14.2 Å². The van der Waals surface area contributed by atoms with Gasteiger partial charge in [-0.15, -0.1) is 0 Å². The molecular formula is C42H36O4P2. The molecule has 6 aromatic rings. The molecule has 0 unspecified atom stereocenters. The lowest BCUT2D eigenvalue weighted by molar-refractivity contribution is 0.413. The topological polar surface area (TPSA) is 36.9 Å². The molecule has 0 aromatic heterocycles. The number of rotatable bonds is 13. The summed E-state index contributed by atoms with van der Waals surface area (Å²) >= 11 is 0. The van der Waals surface area contributed by atoms with Gasteiger partial charge in [-0.2, -0.15) is 0 Å². The average molecular weight is 667 g/mol. The van der Waals surface area contributed by atoms with Crippen molar-refractivity contribution >= 4 is 49.7 Å². The summed E-state index contributed by atoms with van der Waals surface area (Å²) in [7, 11) is 0.789. The molecule has 0 saturated carbocycles. The van der Waals surface area contributed by atoms with E-state index in [2.05, 4.69) is 61.7 Å². The minimum Gasteiger partial charge on any atom is -0.497 e. The lowest BCUT2D eigenvalue weighted by Crippen LogP contribution is -2.17. The highest BCUT2D eigenvalue weighted by Crippen LogP contribution is 2.51. The molecule has 6 aromatic carbocycles. The molecule has 0 N–H and O–H groups in total. The maximum Gasteiger partial charge on any atom is 0.150 e. The monoisotopic (exact) mass is 666 g/mol. The number of hydrogen-bond acceptors (Lipinski definition) is 4. The summed E-state index contributed by atoms with van der Waals surface area (Å²) in [5, 5.41) is 4.34. The van der Waals surface area contributed by atoms with Crippen LogP contribution in [0.25, 0.3) is 23.3 Å². The third-order valence-corrected chi connectivity index (χ3v) is 11.5. The minimum atomic E-state index is -1.27. The van der Waals surface area contributed by atoms with Crippen LogP contribution in [0.5, 0.6) is 23.0 Å². The Morgan fingerprint density at radius 3 is 0.979 bits per heavy atom. The van der Waals surface area contributed by atoms with Gasteiger partial charge in [0.15, 0.2) is 16.3 Å². The van der Waals surface area contributed by atoms with Crippen molar-refractivity contribution < 1.29 is 18.5 Å². The maximum atomic E-state index is 7.19. The predicted octanol–water partition coefficient (Wildman–Crippen LogP) is 9.51. The third kappa shape index (κ3) is 7.21. The summed E-state index contributed by atoms with van der Waals surface area (Å²) in [5.74, 6) is 2.67. The second-order valence-corrected chi connectivity index (χ2v) is 14.3. The fourth-order valence-electron chi connectivity index (χ4n) is 5.34. The smallest absolute Gasteiger partial charge is 0.150 e. The van der Waals surface area contributed by atoms with E-state index in [1.165, 1.54) is 0 Å². The van der Waals surface area contributed by atoms with Crippen LogP contribution >= 0.6 is 16.3 Å². The molecule has 0 atom stereocenters. The second-order valence-electron chi connectivity index (χ2n) is 10.7. The first-order valence-corrected chi connectivity index (χ1v) is 18.0. The van der Waals surface area contributed by atoms with E-state index >= 15 is 0 Å². The lowest BCUT2D eigenvalue weighted by Gasteiger charge is -2.26. The molecule has 0 aliphatic carbocycles. The Bertz CT molecular complexity index is 1760. The zero-order valence-corrected chi connectivity index (χ0v) is 28.7. The van der Waals surface area contributed by atoms with Crippen molar-refractivity contribution in [3.05, 3.63) is 170 Å². The van der Waals surface area contributed by atoms with Crippen LogP contribution in [0.2, 0.25) is 0 Å². The number of benzene rings is 6. The van der Waals surface area contributed by atoms with E-state index in [1.54, 1.807) is 26.4 Å². The molecule has 238 valence electrons. The first-order chi connectivity index (χ1) is 23.6. The van der Waals surface area contributed by atoms with E-state index in [-0.39, 0.29) is 0 Å². The third-order valence-electron chi connectivity index (χ3n) is 7.71. The van der Waals surface area contributed by atoms with Crippen molar-refractivity contribution in [2.45, 2.75) is 0 Å². The molecule has 0 saturated heterocycles. The Morgan fingerprint density at radius 2 is 0.729 bits per heavy atom. The molecule has 6 rings (SSSR count). The molecule has 48 heavy (non-hydrogen) atoms. The van der Waals surface area contributed by atoms with Gasteiger partial charge in [0, 0.05) is 43.5 Å². The number of ether oxygens (including phenoxy) is 2. The summed E-state index contributed by atoms with van der Waals surface area (Å²) in [6, 6.07) is 49.2. The fourth-order valence-corrected chi connectivity index (χ4v) is 8.90.